The Hall–Kier alpha value is -3.46. The van der Waals surface area contributed by atoms with Gasteiger partial charge in [0.1, 0.15) is 6.61 Å². The number of nitrogens with zero attached hydrogens (tertiary/aromatic N) is 4. The Morgan fingerprint density at radius 1 is 1.00 bits per heavy atom. The minimum Gasteiger partial charge on any atom is -0.485 e. The lowest BCUT2D eigenvalue weighted by atomic mass is 10.1. The molecule has 2 aliphatic rings. The Balaban J connectivity index is 1.13. The first-order valence-corrected chi connectivity index (χ1v) is 12.7. The largest absolute Gasteiger partial charge is 0.485 e. The summed E-state index contributed by atoms with van der Waals surface area (Å²) in [5.74, 6) is 1.48. The molecule has 1 atom stereocenters. The van der Waals surface area contributed by atoms with E-state index in [9.17, 15) is 9.59 Å². The standard InChI is InChI=1S/C26H28N4O4S/c1-18-7-8-20(15-19(18)2)30-10-9-27-26(30)35-17-24(31)28-11-13-29(14-12-28)25(32)23-16-33-21-5-3-4-6-22(21)34-23/h3-10,15,23H,11-14,16-17H2,1-2H3. The summed E-state index contributed by atoms with van der Waals surface area (Å²) in [5.41, 5.74) is 3.48. The summed E-state index contributed by atoms with van der Waals surface area (Å²) >= 11 is 1.43. The van der Waals surface area contributed by atoms with Crippen molar-refractivity contribution >= 4 is 23.6 Å². The van der Waals surface area contributed by atoms with E-state index in [1.165, 1.54) is 22.9 Å². The highest BCUT2D eigenvalue weighted by Crippen LogP contribution is 2.31. The number of fused-ring (bicyclic) bond motifs is 1. The highest BCUT2D eigenvalue weighted by atomic mass is 32.2. The van der Waals surface area contributed by atoms with Crippen molar-refractivity contribution in [2.24, 2.45) is 0 Å². The predicted molar refractivity (Wildman–Crippen MR) is 133 cm³/mol. The zero-order chi connectivity index (χ0) is 24.4. The number of ether oxygens (including phenoxy) is 2. The zero-order valence-corrected chi connectivity index (χ0v) is 20.7. The molecule has 8 nitrogen and oxygen atoms in total. The monoisotopic (exact) mass is 492 g/mol. The number of carbonyl (C=O) groups excluding carboxylic acids is 2. The summed E-state index contributed by atoms with van der Waals surface area (Å²) in [6.45, 7) is 6.33. The van der Waals surface area contributed by atoms with Crippen molar-refractivity contribution in [3.05, 3.63) is 66.0 Å². The van der Waals surface area contributed by atoms with Crippen molar-refractivity contribution in [3.8, 4) is 17.2 Å². The number of imidazole rings is 1. The van der Waals surface area contributed by atoms with Crippen molar-refractivity contribution in [3.63, 3.8) is 0 Å². The molecule has 0 N–H and O–H groups in total. The molecular formula is C26H28N4O4S. The quantitative estimate of drug-likeness (QED) is 0.510. The van der Waals surface area contributed by atoms with Crippen LogP contribution in [0.3, 0.4) is 0 Å². The van der Waals surface area contributed by atoms with Gasteiger partial charge in [0.15, 0.2) is 16.7 Å². The number of hydrogen-bond donors (Lipinski definition) is 0. The van der Waals surface area contributed by atoms with E-state index in [4.69, 9.17) is 9.47 Å². The molecule has 1 fully saturated rings. The summed E-state index contributed by atoms with van der Waals surface area (Å²) in [7, 11) is 0. The van der Waals surface area contributed by atoms with Gasteiger partial charge in [-0.05, 0) is 49.2 Å². The number of aromatic nitrogens is 2. The number of thioether (sulfide) groups is 1. The van der Waals surface area contributed by atoms with Crippen molar-refractivity contribution in [1.82, 2.24) is 19.4 Å². The molecule has 0 aliphatic carbocycles. The van der Waals surface area contributed by atoms with Gasteiger partial charge in [0.05, 0.1) is 5.75 Å². The Morgan fingerprint density at radius 2 is 1.74 bits per heavy atom. The minimum atomic E-state index is -0.660. The average molecular weight is 493 g/mol. The normalized spacial score (nSPS) is 17.4. The molecule has 0 saturated carbocycles. The maximum absolute atomic E-state index is 12.9. The Labute approximate surface area is 208 Å². The number of carbonyl (C=O) groups is 2. The van der Waals surface area contributed by atoms with Crippen LogP contribution in [0, 0.1) is 13.8 Å². The van der Waals surface area contributed by atoms with Crippen molar-refractivity contribution in [1.29, 1.82) is 0 Å². The van der Waals surface area contributed by atoms with Crippen molar-refractivity contribution in [2.75, 3.05) is 38.5 Å². The maximum atomic E-state index is 12.9. The Bertz CT molecular complexity index is 1240. The summed E-state index contributed by atoms with van der Waals surface area (Å²) in [5, 5.41) is 0.783. The Kier molecular flexibility index (Phi) is 6.68. The van der Waals surface area contributed by atoms with Crippen molar-refractivity contribution < 1.29 is 19.1 Å². The molecule has 9 heteroatoms. The van der Waals surface area contributed by atoms with Gasteiger partial charge in [0.25, 0.3) is 5.91 Å². The zero-order valence-electron chi connectivity index (χ0n) is 19.8. The molecule has 0 spiro atoms. The van der Waals surface area contributed by atoms with E-state index in [2.05, 4.69) is 37.0 Å². The lowest BCUT2D eigenvalue weighted by molar-refractivity contribution is -0.145. The fraction of sp³-hybridized carbons (Fsp3) is 0.346. The molecule has 1 saturated heterocycles. The third kappa shape index (κ3) is 5.00. The van der Waals surface area contributed by atoms with Gasteiger partial charge in [-0.25, -0.2) is 4.98 Å². The second-order valence-corrected chi connectivity index (χ2v) is 9.65. The van der Waals surface area contributed by atoms with E-state index < -0.39 is 6.10 Å². The van der Waals surface area contributed by atoms with E-state index >= 15 is 0 Å². The number of rotatable bonds is 5. The van der Waals surface area contributed by atoms with Gasteiger partial charge >= 0.3 is 0 Å². The predicted octanol–water partition coefficient (Wildman–Crippen LogP) is 3.09. The second-order valence-electron chi connectivity index (χ2n) is 8.71. The lowest BCUT2D eigenvalue weighted by Crippen LogP contribution is -2.55. The van der Waals surface area contributed by atoms with Gasteiger partial charge in [-0.15, -0.1) is 0 Å². The highest BCUT2D eigenvalue weighted by molar-refractivity contribution is 7.99. The summed E-state index contributed by atoms with van der Waals surface area (Å²) in [4.78, 5) is 33.8. The SMILES string of the molecule is Cc1ccc(-n2ccnc2SCC(=O)N2CCN(C(=O)C3COc4ccccc4O3)CC2)cc1C. The van der Waals surface area contributed by atoms with Crippen LogP contribution in [-0.4, -0.2) is 75.8 Å². The molecular weight excluding hydrogens is 464 g/mol. The number of amides is 2. The molecule has 35 heavy (non-hydrogen) atoms. The minimum absolute atomic E-state index is 0.0444. The number of aryl methyl sites for hydroxylation is 2. The fourth-order valence-electron chi connectivity index (χ4n) is 4.21. The van der Waals surface area contributed by atoms with E-state index in [1.807, 2.05) is 33.9 Å². The first kappa shape index (κ1) is 23.3. The van der Waals surface area contributed by atoms with Crippen LogP contribution < -0.4 is 9.47 Å². The molecule has 5 rings (SSSR count). The van der Waals surface area contributed by atoms with Gasteiger partial charge < -0.3 is 19.3 Å². The van der Waals surface area contributed by atoms with E-state index in [0.29, 0.717) is 43.4 Å². The molecule has 1 unspecified atom stereocenters. The molecule has 2 amide bonds. The number of benzene rings is 2. The topological polar surface area (TPSA) is 76.9 Å². The van der Waals surface area contributed by atoms with Crippen LogP contribution in [0.15, 0.2) is 60.0 Å². The average Bonchev–Trinajstić information content (AvgIpc) is 3.37. The molecule has 0 bridgehead atoms. The third-order valence-corrected chi connectivity index (χ3v) is 7.38. The van der Waals surface area contributed by atoms with Crippen LogP contribution in [0.25, 0.3) is 5.69 Å². The van der Waals surface area contributed by atoms with Crippen LogP contribution in [-0.2, 0) is 9.59 Å². The molecule has 2 aliphatic heterocycles. The molecule has 2 aromatic carbocycles. The number of hydrogen-bond acceptors (Lipinski definition) is 6. The molecule has 3 heterocycles. The summed E-state index contributed by atoms with van der Waals surface area (Å²) < 4.78 is 13.5. The van der Waals surface area contributed by atoms with Crippen LogP contribution in [0.5, 0.6) is 11.5 Å². The van der Waals surface area contributed by atoms with Crippen molar-refractivity contribution in [2.45, 2.75) is 25.1 Å². The molecule has 0 radical (unpaired) electrons. The summed E-state index contributed by atoms with van der Waals surface area (Å²) in [6.07, 6.45) is 3.01. The van der Waals surface area contributed by atoms with Gasteiger partial charge in [-0.2, -0.15) is 0 Å². The second kappa shape index (κ2) is 10.0. The molecule has 3 aromatic rings. The van der Waals surface area contributed by atoms with Crippen LogP contribution in [0.1, 0.15) is 11.1 Å². The smallest absolute Gasteiger partial charge is 0.267 e. The molecule has 182 valence electrons. The summed E-state index contributed by atoms with van der Waals surface area (Å²) in [6, 6.07) is 13.6. The molecule has 1 aromatic heterocycles. The van der Waals surface area contributed by atoms with Gasteiger partial charge in [-0.3, -0.25) is 14.2 Å². The Morgan fingerprint density at radius 3 is 2.51 bits per heavy atom. The first-order valence-electron chi connectivity index (χ1n) is 11.7. The van der Waals surface area contributed by atoms with Crippen LogP contribution in [0.4, 0.5) is 0 Å². The first-order chi connectivity index (χ1) is 17.0. The third-order valence-electron chi connectivity index (χ3n) is 6.43. The number of para-hydroxylation sites is 2. The van der Waals surface area contributed by atoms with E-state index in [0.717, 1.165) is 10.8 Å². The van der Waals surface area contributed by atoms with Crippen LogP contribution in [0.2, 0.25) is 0 Å². The lowest BCUT2D eigenvalue weighted by Gasteiger charge is -2.37. The highest BCUT2D eigenvalue weighted by Gasteiger charge is 2.33. The van der Waals surface area contributed by atoms with Crippen LogP contribution >= 0.6 is 11.8 Å². The van der Waals surface area contributed by atoms with E-state index in [1.54, 1.807) is 17.2 Å². The number of piperazine rings is 1. The van der Waals surface area contributed by atoms with E-state index in [-0.39, 0.29) is 18.4 Å². The van der Waals surface area contributed by atoms with Gasteiger partial charge in [0.2, 0.25) is 12.0 Å². The van der Waals surface area contributed by atoms with Gasteiger partial charge in [-0.1, -0.05) is 30.0 Å². The fourth-order valence-corrected chi connectivity index (χ4v) is 5.08. The van der Waals surface area contributed by atoms with Gasteiger partial charge in [0, 0.05) is 44.3 Å². The maximum Gasteiger partial charge on any atom is 0.267 e.